The highest BCUT2D eigenvalue weighted by molar-refractivity contribution is 7.99. The summed E-state index contributed by atoms with van der Waals surface area (Å²) in [6.45, 7) is 0. The van der Waals surface area contributed by atoms with Gasteiger partial charge in [-0.25, -0.2) is 4.79 Å². The number of hydrogen-bond acceptors (Lipinski definition) is 4. The van der Waals surface area contributed by atoms with E-state index in [4.69, 9.17) is 0 Å². The molecule has 0 saturated carbocycles. The molecular weight excluding hydrogens is 294 g/mol. The summed E-state index contributed by atoms with van der Waals surface area (Å²) in [6, 6.07) is 9.90. The van der Waals surface area contributed by atoms with E-state index in [1.165, 1.54) is 11.8 Å². The van der Waals surface area contributed by atoms with E-state index in [0.29, 0.717) is 12.2 Å². The number of thioether (sulfide) groups is 2. The number of carboxylic acids is 1. The predicted molar refractivity (Wildman–Crippen MR) is 83.1 cm³/mol. The Kier molecular flexibility index (Phi) is 5.37. The van der Waals surface area contributed by atoms with Gasteiger partial charge in [0.05, 0.1) is 5.75 Å². The van der Waals surface area contributed by atoms with Crippen molar-refractivity contribution in [2.75, 3.05) is 17.3 Å². The third-order valence-corrected chi connectivity index (χ3v) is 5.35. The lowest BCUT2D eigenvalue weighted by molar-refractivity contribution is -0.146. The van der Waals surface area contributed by atoms with Gasteiger partial charge in [-0.15, -0.1) is 11.8 Å². The Labute approximate surface area is 126 Å². The van der Waals surface area contributed by atoms with Crippen LogP contribution in [0.3, 0.4) is 0 Å². The molecule has 1 aromatic rings. The van der Waals surface area contributed by atoms with Crippen LogP contribution in [0.25, 0.3) is 0 Å². The fourth-order valence-corrected chi connectivity index (χ4v) is 4.14. The lowest BCUT2D eigenvalue weighted by atomic mass is 9.99. The number of benzene rings is 1. The van der Waals surface area contributed by atoms with Crippen LogP contribution in [0.4, 0.5) is 0 Å². The van der Waals surface area contributed by atoms with Gasteiger partial charge in [0.1, 0.15) is 5.54 Å². The van der Waals surface area contributed by atoms with Crippen molar-refractivity contribution in [1.82, 2.24) is 5.32 Å². The molecule has 2 N–H and O–H groups in total. The van der Waals surface area contributed by atoms with E-state index < -0.39 is 11.5 Å². The zero-order chi connectivity index (χ0) is 14.4. The molecule has 1 amide bonds. The molecule has 1 aliphatic heterocycles. The first-order chi connectivity index (χ1) is 9.62. The number of carbonyl (C=O) groups excluding carboxylic acids is 1. The van der Waals surface area contributed by atoms with E-state index in [0.717, 1.165) is 17.1 Å². The number of carbonyl (C=O) groups is 2. The standard InChI is InChI=1S/C14H17NO3S2/c16-12(9-20-8-11-4-2-1-3-5-11)15-14(13(17)18)6-7-19-10-14/h1-5H,6-10H2,(H,15,16)(H,17,18). The van der Waals surface area contributed by atoms with Crippen molar-refractivity contribution >= 4 is 35.4 Å². The molecule has 2 rings (SSSR count). The molecule has 1 aliphatic rings. The topological polar surface area (TPSA) is 66.4 Å². The van der Waals surface area contributed by atoms with Crippen LogP contribution >= 0.6 is 23.5 Å². The van der Waals surface area contributed by atoms with Gasteiger partial charge in [0, 0.05) is 11.5 Å². The van der Waals surface area contributed by atoms with E-state index in [9.17, 15) is 14.7 Å². The second-order valence-electron chi connectivity index (χ2n) is 4.72. The van der Waals surface area contributed by atoms with Gasteiger partial charge in [-0.3, -0.25) is 4.79 Å². The fraction of sp³-hybridized carbons (Fsp3) is 0.429. The summed E-state index contributed by atoms with van der Waals surface area (Å²) < 4.78 is 0. The number of aliphatic carboxylic acids is 1. The zero-order valence-corrected chi connectivity index (χ0v) is 12.6. The molecule has 4 nitrogen and oxygen atoms in total. The number of amides is 1. The summed E-state index contributed by atoms with van der Waals surface area (Å²) in [5.74, 6) is 1.15. The molecular formula is C14H17NO3S2. The molecule has 1 aromatic carbocycles. The van der Waals surface area contributed by atoms with Crippen LogP contribution < -0.4 is 5.32 Å². The maximum atomic E-state index is 11.9. The van der Waals surface area contributed by atoms with Gasteiger partial charge >= 0.3 is 5.97 Å². The van der Waals surface area contributed by atoms with Crippen LogP contribution in [0.5, 0.6) is 0 Å². The van der Waals surface area contributed by atoms with E-state index in [1.807, 2.05) is 30.3 Å². The van der Waals surface area contributed by atoms with Crippen molar-refractivity contribution in [3.63, 3.8) is 0 Å². The average Bonchev–Trinajstić information content (AvgIpc) is 2.90. The monoisotopic (exact) mass is 311 g/mol. The van der Waals surface area contributed by atoms with Gasteiger partial charge < -0.3 is 10.4 Å². The molecule has 0 aromatic heterocycles. The number of hydrogen-bond donors (Lipinski definition) is 2. The Hall–Kier alpha value is -1.14. The SMILES string of the molecule is O=C(CSCc1ccccc1)NC1(C(=O)O)CCSC1. The Balaban J connectivity index is 1.79. The molecule has 0 aliphatic carbocycles. The molecule has 1 unspecified atom stereocenters. The molecule has 108 valence electrons. The van der Waals surface area contributed by atoms with Crippen molar-refractivity contribution in [1.29, 1.82) is 0 Å². The van der Waals surface area contributed by atoms with Gasteiger partial charge in [0.2, 0.25) is 5.91 Å². The average molecular weight is 311 g/mol. The molecule has 0 spiro atoms. The van der Waals surface area contributed by atoms with Crippen molar-refractivity contribution < 1.29 is 14.7 Å². The molecule has 0 bridgehead atoms. The van der Waals surface area contributed by atoms with Crippen molar-refractivity contribution in [3.05, 3.63) is 35.9 Å². The highest BCUT2D eigenvalue weighted by Gasteiger charge is 2.43. The van der Waals surface area contributed by atoms with E-state index >= 15 is 0 Å². The van der Waals surface area contributed by atoms with Crippen LogP contribution in [-0.4, -0.2) is 39.8 Å². The summed E-state index contributed by atoms with van der Waals surface area (Å²) in [5.41, 5.74) is 0.101. The van der Waals surface area contributed by atoms with E-state index in [2.05, 4.69) is 5.32 Å². The first-order valence-electron chi connectivity index (χ1n) is 6.36. The molecule has 1 fully saturated rings. The smallest absolute Gasteiger partial charge is 0.330 e. The maximum Gasteiger partial charge on any atom is 0.330 e. The normalized spacial score (nSPS) is 21.6. The lowest BCUT2D eigenvalue weighted by Crippen LogP contribution is -2.55. The second kappa shape index (κ2) is 7.04. The minimum absolute atomic E-state index is 0.198. The Morgan fingerprint density at radius 3 is 2.70 bits per heavy atom. The summed E-state index contributed by atoms with van der Waals surface area (Å²) in [5, 5.41) is 12.0. The van der Waals surface area contributed by atoms with Crippen LogP contribution in [-0.2, 0) is 15.3 Å². The van der Waals surface area contributed by atoms with Crippen LogP contribution in [0.2, 0.25) is 0 Å². The molecule has 0 radical (unpaired) electrons. The number of nitrogens with one attached hydrogen (secondary N) is 1. The fourth-order valence-electron chi connectivity index (χ4n) is 2.02. The highest BCUT2D eigenvalue weighted by Crippen LogP contribution is 2.28. The van der Waals surface area contributed by atoms with E-state index in [1.54, 1.807) is 11.8 Å². The molecule has 1 atom stereocenters. The Bertz CT molecular complexity index is 473. The zero-order valence-electron chi connectivity index (χ0n) is 11.0. The predicted octanol–water partition coefficient (Wildman–Crippen LogP) is 2.00. The third-order valence-electron chi connectivity index (χ3n) is 3.15. The summed E-state index contributed by atoms with van der Waals surface area (Å²) in [4.78, 5) is 23.2. The molecule has 1 saturated heterocycles. The van der Waals surface area contributed by atoms with Crippen molar-refractivity contribution in [3.8, 4) is 0 Å². The van der Waals surface area contributed by atoms with Gasteiger partial charge in [-0.05, 0) is 17.7 Å². The van der Waals surface area contributed by atoms with Gasteiger partial charge in [-0.1, -0.05) is 30.3 Å². The summed E-state index contributed by atoms with van der Waals surface area (Å²) >= 11 is 3.07. The largest absolute Gasteiger partial charge is 0.479 e. The Morgan fingerprint density at radius 1 is 1.35 bits per heavy atom. The van der Waals surface area contributed by atoms with Gasteiger partial charge in [-0.2, -0.15) is 11.8 Å². The molecule has 6 heteroatoms. The quantitative estimate of drug-likeness (QED) is 0.841. The van der Waals surface area contributed by atoms with Crippen LogP contribution in [0.15, 0.2) is 30.3 Å². The molecule has 1 heterocycles. The lowest BCUT2D eigenvalue weighted by Gasteiger charge is -2.24. The summed E-state index contributed by atoms with van der Waals surface area (Å²) in [6.07, 6.45) is 0.502. The van der Waals surface area contributed by atoms with E-state index in [-0.39, 0.29) is 11.7 Å². The van der Waals surface area contributed by atoms with Crippen molar-refractivity contribution in [2.45, 2.75) is 17.7 Å². The minimum Gasteiger partial charge on any atom is -0.479 e. The summed E-state index contributed by atoms with van der Waals surface area (Å²) in [7, 11) is 0. The van der Waals surface area contributed by atoms with Crippen molar-refractivity contribution in [2.24, 2.45) is 0 Å². The van der Waals surface area contributed by atoms with Crippen LogP contribution in [0, 0.1) is 0 Å². The first kappa shape index (κ1) is 15.3. The minimum atomic E-state index is -1.06. The van der Waals surface area contributed by atoms with Gasteiger partial charge in [0.15, 0.2) is 0 Å². The maximum absolute atomic E-state index is 11.9. The number of carboxylic acid groups (broad SMARTS) is 1. The Morgan fingerprint density at radius 2 is 2.10 bits per heavy atom. The van der Waals surface area contributed by atoms with Gasteiger partial charge in [0.25, 0.3) is 0 Å². The number of rotatable bonds is 6. The van der Waals surface area contributed by atoms with Crippen LogP contribution in [0.1, 0.15) is 12.0 Å². The third kappa shape index (κ3) is 3.93. The first-order valence-corrected chi connectivity index (χ1v) is 8.67. The molecule has 20 heavy (non-hydrogen) atoms. The second-order valence-corrected chi connectivity index (χ2v) is 6.81. The highest BCUT2D eigenvalue weighted by atomic mass is 32.2.